The molecule has 0 spiro atoms. The molecule has 4 atom stereocenters. The number of aliphatic carboxylic acids is 2. The van der Waals surface area contributed by atoms with E-state index in [-0.39, 0.29) is 12.2 Å². The fourth-order valence-electron chi connectivity index (χ4n) is 10.2. The standard InChI is InChI=1S/2C23H26ClN5O.C4H4O4/c2*24-17-6-4-15(5-7-17)22-21(18-8-11-25-14-26-18)23(28-27-22)16-9-12-29(13-10-16)19-2-1-3-20(19)30;5-3(6)1-2-4(7)8/h2*4-8,11,14,16,19-20,30H,1-3,9-10,12-13H2,(H,27,28);1-2H,(H,5,6)(H,7,8)/b;;2-1+. The van der Waals surface area contributed by atoms with Crippen molar-refractivity contribution in [2.45, 2.75) is 100 Å². The lowest BCUT2D eigenvalue weighted by Crippen LogP contribution is -2.44. The number of aliphatic hydroxyl groups excluding tert-OH is 2. The second-order valence-electron chi connectivity index (χ2n) is 17.7. The van der Waals surface area contributed by atoms with Gasteiger partial charge >= 0.3 is 11.9 Å². The lowest BCUT2D eigenvalue weighted by atomic mass is 9.88. The second kappa shape index (κ2) is 22.9. The van der Waals surface area contributed by atoms with Gasteiger partial charge in [-0.15, -0.1) is 0 Å². The number of halogens is 2. The third kappa shape index (κ3) is 11.9. The largest absolute Gasteiger partial charge is 0.478 e. The molecule has 2 aliphatic heterocycles. The average Bonchev–Trinajstić information content (AvgIpc) is 4.20. The Morgan fingerprint density at radius 2 is 0.941 bits per heavy atom. The molecule has 356 valence electrons. The highest BCUT2D eigenvalue weighted by molar-refractivity contribution is 6.31. The summed E-state index contributed by atoms with van der Waals surface area (Å²) in [6, 6.07) is 20.1. The summed E-state index contributed by atoms with van der Waals surface area (Å²) in [6.07, 6.45) is 18.1. The number of benzene rings is 2. The average molecular weight is 964 g/mol. The highest BCUT2D eigenvalue weighted by Gasteiger charge is 2.36. The van der Waals surface area contributed by atoms with Crippen LogP contribution in [0.2, 0.25) is 10.0 Å². The molecule has 4 unspecified atom stereocenters. The summed E-state index contributed by atoms with van der Waals surface area (Å²) in [5, 5.41) is 53.7. The Morgan fingerprint density at radius 3 is 1.25 bits per heavy atom. The summed E-state index contributed by atoms with van der Waals surface area (Å²) in [5.74, 6) is -1.74. The maximum atomic E-state index is 10.3. The molecule has 10 rings (SSSR count). The molecule has 0 bridgehead atoms. The van der Waals surface area contributed by atoms with Gasteiger partial charge in [0, 0.05) is 92.2 Å². The number of likely N-dealkylation sites (tertiary alicyclic amines) is 2. The van der Waals surface area contributed by atoms with E-state index in [2.05, 4.69) is 39.9 Å². The number of piperidine rings is 2. The zero-order chi connectivity index (χ0) is 47.6. The minimum absolute atomic E-state index is 0.165. The van der Waals surface area contributed by atoms with E-state index in [1.807, 2.05) is 60.7 Å². The number of hydrogen-bond acceptors (Lipinski definition) is 12. The molecule has 4 aromatic heterocycles. The molecule has 0 radical (unpaired) electrons. The lowest BCUT2D eigenvalue weighted by molar-refractivity contribution is -0.134. The van der Waals surface area contributed by atoms with Crippen LogP contribution in [0.1, 0.15) is 87.4 Å². The predicted octanol–water partition coefficient (Wildman–Crippen LogP) is 8.27. The predicted molar refractivity (Wildman–Crippen MR) is 259 cm³/mol. The number of H-pyrrole nitrogens is 2. The van der Waals surface area contributed by atoms with Crippen LogP contribution >= 0.6 is 23.2 Å². The Labute approximate surface area is 404 Å². The van der Waals surface area contributed by atoms with Crippen LogP contribution in [-0.4, -0.2) is 133 Å². The Hall–Kier alpha value is -5.88. The van der Waals surface area contributed by atoms with Crippen molar-refractivity contribution in [3.63, 3.8) is 0 Å². The summed E-state index contributed by atoms with van der Waals surface area (Å²) >= 11 is 12.2. The van der Waals surface area contributed by atoms with Crippen LogP contribution in [0.5, 0.6) is 0 Å². The molecule has 6 heterocycles. The first-order valence-electron chi connectivity index (χ1n) is 23.2. The second-order valence-corrected chi connectivity index (χ2v) is 18.6. The molecule has 68 heavy (non-hydrogen) atoms. The molecule has 16 nitrogen and oxygen atoms in total. The molecule has 6 N–H and O–H groups in total. The lowest BCUT2D eigenvalue weighted by Gasteiger charge is -2.37. The van der Waals surface area contributed by atoms with Gasteiger partial charge in [0.2, 0.25) is 0 Å². The van der Waals surface area contributed by atoms with Crippen molar-refractivity contribution in [2.75, 3.05) is 26.2 Å². The number of nitrogens with zero attached hydrogens (tertiary/aromatic N) is 8. The van der Waals surface area contributed by atoms with Gasteiger partial charge in [0.1, 0.15) is 24.0 Å². The number of carbonyl (C=O) groups is 2. The van der Waals surface area contributed by atoms with E-state index < -0.39 is 11.9 Å². The van der Waals surface area contributed by atoms with Crippen LogP contribution in [0, 0.1) is 0 Å². The zero-order valence-corrected chi connectivity index (χ0v) is 39.1. The monoisotopic (exact) mass is 962 g/mol. The van der Waals surface area contributed by atoms with Gasteiger partial charge < -0.3 is 20.4 Å². The Bertz CT molecular complexity index is 2420. The van der Waals surface area contributed by atoms with E-state index in [0.717, 1.165) is 147 Å². The first-order chi connectivity index (χ1) is 33.0. The maximum absolute atomic E-state index is 10.3. The summed E-state index contributed by atoms with van der Waals surface area (Å²) in [4.78, 5) is 41.3. The van der Waals surface area contributed by atoms with Crippen molar-refractivity contribution in [1.82, 2.24) is 50.1 Å². The van der Waals surface area contributed by atoms with E-state index in [1.54, 1.807) is 25.0 Å². The maximum Gasteiger partial charge on any atom is 0.328 e. The number of hydrogen-bond donors (Lipinski definition) is 6. The van der Waals surface area contributed by atoms with Crippen LogP contribution < -0.4 is 0 Å². The molecule has 2 saturated carbocycles. The molecule has 4 aliphatic rings. The summed E-state index contributed by atoms with van der Waals surface area (Å²) in [5.41, 5.74) is 9.99. The third-order valence-corrected chi connectivity index (χ3v) is 14.1. The fraction of sp³-hybridized carbons (Fsp3) is 0.400. The third-order valence-electron chi connectivity index (χ3n) is 13.6. The number of carboxylic acids is 2. The Kier molecular flexibility index (Phi) is 16.4. The van der Waals surface area contributed by atoms with Crippen LogP contribution in [0.15, 0.2) is 97.9 Å². The molecular formula is C50H56Cl2N10O6. The minimum Gasteiger partial charge on any atom is -0.478 e. The molecule has 2 saturated heterocycles. The molecule has 0 amide bonds. The Morgan fingerprint density at radius 1 is 0.559 bits per heavy atom. The number of aromatic amines is 2. The van der Waals surface area contributed by atoms with Gasteiger partial charge in [0.25, 0.3) is 0 Å². The fourth-order valence-corrected chi connectivity index (χ4v) is 10.5. The minimum atomic E-state index is -1.26. The molecule has 2 aromatic carbocycles. The SMILES string of the molecule is O=C(O)/C=C/C(=O)O.OC1CCCC1N1CCC(c2[nH]nc(-c3ccc(Cl)cc3)c2-c2ccncn2)CC1.OC1CCCC1N1CCC(c2[nH]nc(-c3ccc(Cl)cc3)c2-c2ccncn2)CC1. The van der Waals surface area contributed by atoms with E-state index in [9.17, 15) is 19.8 Å². The zero-order valence-electron chi connectivity index (χ0n) is 37.5. The van der Waals surface area contributed by atoms with Crippen molar-refractivity contribution in [1.29, 1.82) is 0 Å². The number of rotatable bonds is 10. The van der Waals surface area contributed by atoms with Crippen LogP contribution in [0.25, 0.3) is 45.0 Å². The van der Waals surface area contributed by atoms with Gasteiger partial charge in [-0.3, -0.25) is 20.0 Å². The van der Waals surface area contributed by atoms with E-state index in [0.29, 0.717) is 46.1 Å². The number of aromatic nitrogens is 8. The summed E-state index contributed by atoms with van der Waals surface area (Å²) in [6.45, 7) is 4.02. The molecule has 18 heteroatoms. The molecule has 4 fully saturated rings. The van der Waals surface area contributed by atoms with Crippen molar-refractivity contribution in [2.24, 2.45) is 0 Å². The first kappa shape index (κ1) is 48.6. The van der Waals surface area contributed by atoms with E-state index in [4.69, 9.17) is 43.6 Å². The van der Waals surface area contributed by atoms with Gasteiger partial charge in [-0.05, 0) is 127 Å². The van der Waals surface area contributed by atoms with Gasteiger partial charge in [0.05, 0.1) is 23.6 Å². The molecule has 2 aliphatic carbocycles. The van der Waals surface area contributed by atoms with Crippen LogP contribution in [0.3, 0.4) is 0 Å². The van der Waals surface area contributed by atoms with Gasteiger partial charge in [-0.1, -0.05) is 47.5 Å². The summed E-state index contributed by atoms with van der Waals surface area (Å²) < 4.78 is 0. The summed E-state index contributed by atoms with van der Waals surface area (Å²) in [7, 11) is 0. The Balaban J connectivity index is 0.000000159. The molecule has 6 aromatic rings. The highest BCUT2D eigenvalue weighted by Crippen LogP contribution is 2.42. The first-order valence-corrected chi connectivity index (χ1v) is 24.0. The van der Waals surface area contributed by atoms with Crippen LogP contribution in [0.4, 0.5) is 0 Å². The molecular weight excluding hydrogens is 908 g/mol. The topological polar surface area (TPSA) is 230 Å². The smallest absolute Gasteiger partial charge is 0.328 e. The number of aliphatic hydroxyl groups is 2. The van der Waals surface area contributed by atoms with Crippen molar-refractivity contribution < 1.29 is 30.0 Å². The highest BCUT2D eigenvalue weighted by atomic mass is 35.5. The van der Waals surface area contributed by atoms with Gasteiger partial charge in [-0.2, -0.15) is 10.2 Å². The number of nitrogens with one attached hydrogen (secondary N) is 2. The van der Waals surface area contributed by atoms with Crippen molar-refractivity contribution in [3.05, 3.63) is 119 Å². The van der Waals surface area contributed by atoms with Gasteiger partial charge in [0.15, 0.2) is 0 Å². The van der Waals surface area contributed by atoms with E-state index in [1.165, 1.54) is 0 Å². The number of carboxylic acid groups (broad SMARTS) is 2. The normalized spacial score (nSPS) is 21.5. The van der Waals surface area contributed by atoms with E-state index >= 15 is 0 Å². The van der Waals surface area contributed by atoms with Crippen molar-refractivity contribution >= 4 is 35.1 Å². The van der Waals surface area contributed by atoms with Crippen LogP contribution in [-0.2, 0) is 9.59 Å². The quantitative estimate of drug-likeness (QED) is 0.0710. The van der Waals surface area contributed by atoms with Gasteiger partial charge in [-0.25, -0.2) is 29.5 Å². The van der Waals surface area contributed by atoms with Crippen molar-refractivity contribution in [3.8, 4) is 45.0 Å².